The Morgan fingerprint density at radius 1 is 1.35 bits per heavy atom. The van der Waals surface area contributed by atoms with Gasteiger partial charge in [-0.2, -0.15) is 0 Å². The van der Waals surface area contributed by atoms with Gasteiger partial charge in [0.2, 0.25) is 0 Å². The Morgan fingerprint density at radius 3 is 2.88 bits per heavy atom. The zero-order valence-electron chi connectivity index (χ0n) is 9.69. The molecule has 1 saturated carbocycles. The van der Waals surface area contributed by atoms with E-state index in [1.165, 1.54) is 0 Å². The maximum atomic E-state index is 9.72. The number of benzene rings is 1. The van der Waals surface area contributed by atoms with Crippen molar-refractivity contribution in [2.45, 2.75) is 31.9 Å². The van der Waals surface area contributed by atoms with E-state index in [2.05, 4.69) is 5.32 Å². The molecule has 0 aliphatic heterocycles. The van der Waals surface area contributed by atoms with Crippen LogP contribution in [0.25, 0.3) is 0 Å². The summed E-state index contributed by atoms with van der Waals surface area (Å²) in [6, 6.07) is 5.34. The van der Waals surface area contributed by atoms with Crippen molar-refractivity contribution in [2.75, 3.05) is 6.54 Å². The molecule has 17 heavy (non-hydrogen) atoms. The molecule has 0 heterocycles. The molecule has 0 bridgehead atoms. The maximum absolute atomic E-state index is 9.72. The first-order valence-corrected chi connectivity index (χ1v) is 6.41. The zero-order chi connectivity index (χ0) is 12.3. The van der Waals surface area contributed by atoms with E-state index in [1.807, 2.05) is 12.1 Å². The molecule has 1 aromatic rings. The largest absolute Gasteiger partial charge is 0.506 e. The van der Waals surface area contributed by atoms with Gasteiger partial charge in [0.15, 0.2) is 0 Å². The van der Waals surface area contributed by atoms with Crippen molar-refractivity contribution in [3.05, 3.63) is 28.8 Å². The summed E-state index contributed by atoms with van der Waals surface area (Å²) < 4.78 is 0. The van der Waals surface area contributed by atoms with Gasteiger partial charge in [-0.1, -0.05) is 30.2 Å². The quantitative estimate of drug-likeness (QED) is 0.774. The van der Waals surface area contributed by atoms with Crippen molar-refractivity contribution in [3.63, 3.8) is 0 Å². The van der Waals surface area contributed by atoms with Gasteiger partial charge in [-0.25, -0.2) is 0 Å². The van der Waals surface area contributed by atoms with Crippen LogP contribution in [0.5, 0.6) is 5.75 Å². The number of nitrogens with one attached hydrogen (secondary N) is 1. The lowest BCUT2D eigenvalue weighted by atomic mass is 10.1. The molecule has 2 atom stereocenters. The van der Waals surface area contributed by atoms with E-state index < -0.39 is 0 Å². The standard InChI is InChI=1S/C13H18ClNO2/c14-11-5-1-4-10(13(11)17)8-15-7-9-3-2-6-12(9)16/h1,4-5,9,12,15-17H,2-3,6-8H2. The lowest BCUT2D eigenvalue weighted by Gasteiger charge is -2.15. The highest BCUT2D eigenvalue weighted by Gasteiger charge is 2.24. The van der Waals surface area contributed by atoms with Crippen molar-refractivity contribution >= 4 is 11.6 Å². The molecule has 3 nitrogen and oxygen atoms in total. The molecular weight excluding hydrogens is 238 g/mol. The van der Waals surface area contributed by atoms with E-state index in [-0.39, 0.29) is 11.9 Å². The normalized spacial score (nSPS) is 24.1. The summed E-state index contributed by atoms with van der Waals surface area (Å²) in [5.74, 6) is 0.491. The second-order valence-electron chi connectivity index (χ2n) is 4.64. The monoisotopic (exact) mass is 255 g/mol. The number of phenols is 1. The summed E-state index contributed by atoms with van der Waals surface area (Å²) >= 11 is 5.83. The van der Waals surface area contributed by atoms with E-state index in [9.17, 15) is 10.2 Å². The molecule has 0 radical (unpaired) electrons. The van der Waals surface area contributed by atoms with Crippen LogP contribution in [-0.2, 0) is 6.54 Å². The Bertz CT molecular complexity index is 384. The number of aromatic hydroxyl groups is 1. The molecule has 0 aromatic heterocycles. The van der Waals surface area contributed by atoms with Crippen LogP contribution >= 0.6 is 11.6 Å². The van der Waals surface area contributed by atoms with Gasteiger partial charge in [0.25, 0.3) is 0 Å². The summed E-state index contributed by atoms with van der Waals surface area (Å²) in [7, 11) is 0. The first kappa shape index (κ1) is 12.7. The molecule has 0 spiro atoms. The Hall–Kier alpha value is -0.770. The van der Waals surface area contributed by atoms with Crippen LogP contribution in [0, 0.1) is 5.92 Å². The lowest BCUT2D eigenvalue weighted by molar-refractivity contribution is 0.131. The molecule has 1 aliphatic rings. The van der Waals surface area contributed by atoms with Crippen LogP contribution in [0.3, 0.4) is 0 Å². The van der Waals surface area contributed by atoms with E-state index in [0.29, 0.717) is 17.5 Å². The number of hydrogen-bond acceptors (Lipinski definition) is 3. The smallest absolute Gasteiger partial charge is 0.138 e. The summed E-state index contributed by atoms with van der Waals surface area (Å²) in [6.07, 6.45) is 2.93. The molecule has 1 aromatic carbocycles. The molecule has 94 valence electrons. The number of phenolic OH excluding ortho intramolecular Hbond substituents is 1. The average Bonchev–Trinajstić information content (AvgIpc) is 2.71. The molecule has 2 rings (SSSR count). The van der Waals surface area contributed by atoms with Gasteiger partial charge in [-0.3, -0.25) is 0 Å². The van der Waals surface area contributed by atoms with Crippen LogP contribution in [-0.4, -0.2) is 22.9 Å². The van der Waals surface area contributed by atoms with Gasteiger partial charge < -0.3 is 15.5 Å². The van der Waals surface area contributed by atoms with Crippen molar-refractivity contribution in [1.29, 1.82) is 0 Å². The summed E-state index contributed by atoms with van der Waals surface area (Å²) in [5, 5.41) is 23.0. The van der Waals surface area contributed by atoms with Gasteiger partial charge in [-0.15, -0.1) is 0 Å². The molecule has 0 amide bonds. The zero-order valence-corrected chi connectivity index (χ0v) is 10.5. The van der Waals surface area contributed by atoms with E-state index in [4.69, 9.17) is 11.6 Å². The summed E-state index contributed by atoms with van der Waals surface area (Å²) in [4.78, 5) is 0. The third kappa shape index (κ3) is 3.12. The second kappa shape index (κ2) is 5.71. The highest BCUT2D eigenvalue weighted by Crippen LogP contribution is 2.27. The molecule has 4 heteroatoms. The van der Waals surface area contributed by atoms with Crippen LogP contribution in [0.4, 0.5) is 0 Å². The highest BCUT2D eigenvalue weighted by molar-refractivity contribution is 6.32. The first-order valence-electron chi connectivity index (χ1n) is 6.03. The Morgan fingerprint density at radius 2 is 2.18 bits per heavy atom. The fourth-order valence-corrected chi connectivity index (χ4v) is 2.54. The highest BCUT2D eigenvalue weighted by atomic mass is 35.5. The average molecular weight is 256 g/mol. The number of aliphatic hydroxyl groups excluding tert-OH is 1. The minimum atomic E-state index is -0.171. The van der Waals surface area contributed by atoms with Gasteiger partial charge in [0.1, 0.15) is 5.75 Å². The topological polar surface area (TPSA) is 52.5 Å². The number of para-hydroxylation sites is 1. The number of aliphatic hydroxyl groups is 1. The van der Waals surface area contributed by atoms with Crippen LogP contribution in [0.2, 0.25) is 5.02 Å². The Balaban J connectivity index is 1.84. The third-order valence-electron chi connectivity index (χ3n) is 3.41. The fourth-order valence-electron chi connectivity index (χ4n) is 2.35. The van der Waals surface area contributed by atoms with Gasteiger partial charge >= 0.3 is 0 Å². The Labute approximate surface area is 106 Å². The number of rotatable bonds is 4. The molecule has 0 saturated heterocycles. The molecule has 1 aliphatic carbocycles. The molecule has 3 N–H and O–H groups in total. The van der Waals surface area contributed by atoms with Crippen LogP contribution in [0.15, 0.2) is 18.2 Å². The number of halogens is 1. The lowest BCUT2D eigenvalue weighted by Crippen LogP contribution is -2.27. The SMILES string of the molecule is Oc1c(Cl)cccc1CNCC1CCCC1O. The maximum Gasteiger partial charge on any atom is 0.138 e. The molecule has 1 fully saturated rings. The van der Waals surface area contributed by atoms with Crippen molar-refractivity contribution in [1.82, 2.24) is 5.32 Å². The number of hydrogen-bond donors (Lipinski definition) is 3. The van der Waals surface area contributed by atoms with E-state index in [1.54, 1.807) is 6.07 Å². The first-order chi connectivity index (χ1) is 8.18. The summed E-state index contributed by atoms with van der Waals surface area (Å²) in [5.41, 5.74) is 0.796. The van der Waals surface area contributed by atoms with Crippen molar-refractivity contribution in [2.24, 2.45) is 5.92 Å². The van der Waals surface area contributed by atoms with Gasteiger partial charge in [-0.05, 0) is 24.8 Å². The second-order valence-corrected chi connectivity index (χ2v) is 5.04. The van der Waals surface area contributed by atoms with Crippen LogP contribution in [0.1, 0.15) is 24.8 Å². The molecule has 2 unspecified atom stereocenters. The summed E-state index contributed by atoms with van der Waals surface area (Å²) in [6.45, 7) is 1.36. The van der Waals surface area contributed by atoms with Crippen LogP contribution < -0.4 is 5.32 Å². The Kier molecular flexibility index (Phi) is 4.26. The predicted molar refractivity (Wildman–Crippen MR) is 68.2 cm³/mol. The minimum absolute atomic E-state index is 0.147. The fraction of sp³-hybridized carbons (Fsp3) is 0.538. The third-order valence-corrected chi connectivity index (χ3v) is 3.72. The van der Waals surface area contributed by atoms with Crippen molar-refractivity contribution in [3.8, 4) is 5.75 Å². The van der Waals surface area contributed by atoms with Gasteiger partial charge in [0.05, 0.1) is 11.1 Å². The van der Waals surface area contributed by atoms with E-state index >= 15 is 0 Å². The van der Waals surface area contributed by atoms with Crippen molar-refractivity contribution < 1.29 is 10.2 Å². The minimum Gasteiger partial charge on any atom is -0.506 e. The van der Waals surface area contributed by atoms with E-state index in [0.717, 1.165) is 31.4 Å². The molecular formula is C13H18ClNO2. The predicted octanol–water partition coefficient (Wildman–Crippen LogP) is 2.30. The van der Waals surface area contributed by atoms with Gasteiger partial charge in [0, 0.05) is 18.7 Å².